The van der Waals surface area contributed by atoms with Gasteiger partial charge in [0.25, 0.3) is 5.69 Å². The summed E-state index contributed by atoms with van der Waals surface area (Å²) in [5.41, 5.74) is 1.07. The van der Waals surface area contributed by atoms with Gasteiger partial charge in [-0.3, -0.25) is 10.1 Å². The largest absolute Gasteiger partial charge is 0.496 e. The van der Waals surface area contributed by atoms with E-state index < -0.39 is 10.9 Å². The van der Waals surface area contributed by atoms with Gasteiger partial charge in [-0.05, 0) is 42.0 Å². The number of esters is 1. The number of nitrogens with zero attached hydrogens (tertiary/aromatic N) is 2. The topological polar surface area (TPSA) is 91.0 Å². The van der Waals surface area contributed by atoms with Gasteiger partial charge in [-0.1, -0.05) is 11.6 Å². The molecule has 0 N–H and O–H groups in total. The van der Waals surface area contributed by atoms with E-state index in [4.69, 9.17) is 21.1 Å². The molecular formula is C17H11ClN2O5. The van der Waals surface area contributed by atoms with Crippen LogP contribution in [0.1, 0.15) is 11.1 Å². The number of aliphatic imine (C=N–C) groups is 1. The first-order chi connectivity index (χ1) is 12.0. The lowest BCUT2D eigenvalue weighted by molar-refractivity contribution is -0.384. The summed E-state index contributed by atoms with van der Waals surface area (Å²) in [5, 5.41) is 11.1. The van der Waals surface area contributed by atoms with Crippen molar-refractivity contribution in [1.82, 2.24) is 0 Å². The van der Waals surface area contributed by atoms with Gasteiger partial charge in [0, 0.05) is 17.2 Å². The molecular weight excluding hydrogens is 348 g/mol. The van der Waals surface area contributed by atoms with Gasteiger partial charge >= 0.3 is 5.97 Å². The van der Waals surface area contributed by atoms with Crippen LogP contribution in [-0.4, -0.2) is 23.9 Å². The van der Waals surface area contributed by atoms with Crippen LogP contribution in [0.15, 0.2) is 53.2 Å². The number of non-ortho nitro benzene ring substituents is 1. The van der Waals surface area contributed by atoms with Crippen LogP contribution in [0.5, 0.6) is 5.75 Å². The average Bonchev–Trinajstić information content (AvgIpc) is 2.96. The van der Waals surface area contributed by atoms with E-state index in [1.54, 1.807) is 18.2 Å². The average molecular weight is 359 g/mol. The predicted molar refractivity (Wildman–Crippen MR) is 91.7 cm³/mol. The Morgan fingerprint density at radius 2 is 1.96 bits per heavy atom. The van der Waals surface area contributed by atoms with Crippen molar-refractivity contribution >= 4 is 35.2 Å². The second kappa shape index (κ2) is 6.74. The predicted octanol–water partition coefficient (Wildman–Crippen LogP) is 3.60. The van der Waals surface area contributed by atoms with Crippen LogP contribution in [0.25, 0.3) is 6.08 Å². The van der Waals surface area contributed by atoms with Gasteiger partial charge in [-0.15, -0.1) is 0 Å². The zero-order valence-corrected chi connectivity index (χ0v) is 13.7. The number of nitro groups is 1. The van der Waals surface area contributed by atoms with E-state index in [1.165, 1.54) is 37.5 Å². The zero-order chi connectivity index (χ0) is 18.0. The Hall–Kier alpha value is -3.19. The highest BCUT2D eigenvalue weighted by Gasteiger charge is 2.26. The van der Waals surface area contributed by atoms with Gasteiger partial charge in [0.15, 0.2) is 5.70 Å². The summed E-state index contributed by atoms with van der Waals surface area (Å²) in [7, 11) is 1.48. The molecule has 0 saturated heterocycles. The molecule has 0 saturated carbocycles. The molecule has 3 rings (SSSR count). The van der Waals surface area contributed by atoms with Gasteiger partial charge in [0.2, 0.25) is 5.90 Å². The minimum atomic E-state index is -0.629. The van der Waals surface area contributed by atoms with E-state index in [9.17, 15) is 14.9 Å². The van der Waals surface area contributed by atoms with Crippen molar-refractivity contribution < 1.29 is 19.2 Å². The molecule has 0 atom stereocenters. The lowest BCUT2D eigenvalue weighted by Gasteiger charge is -2.07. The molecule has 2 aromatic rings. The summed E-state index contributed by atoms with van der Waals surface area (Å²) in [4.78, 5) is 26.4. The Bertz CT molecular complexity index is 919. The molecule has 1 aliphatic heterocycles. The standard InChI is InChI=1S/C17H11ClN2O5/c1-24-15-7-4-11(18)9-13(15)16-19-14(17(21)25-16)8-10-2-5-12(6-3-10)20(22)23/h2-9H,1H3/b14-8+. The number of carbonyl (C=O) groups is 1. The van der Waals surface area contributed by atoms with Gasteiger partial charge in [-0.2, -0.15) is 0 Å². The zero-order valence-electron chi connectivity index (χ0n) is 12.9. The number of carbonyl (C=O) groups excluding carboxylic acids is 1. The molecule has 0 aromatic heterocycles. The van der Waals surface area contributed by atoms with E-state index in [2.05, 4.69) is 4.99 Å². The van der Waals surface area contributed by atoms with Crippen molar-refractivity contribution in [3.63, 3.8) is 0 Å². The molecule has 1 aliphatic rings. The van der Waals surface area contributed by atoms with E-state index in [-0.39, 0.29) is 17.3 Å². The molecule has 8 heteroatoms. The number of benzene rings is 2. The SMILES string of the molecule is COc1ccc(Cl)cc1C1=N/C(=C/c2ccc([N+](=O)[O-])cc2)C(=O)O1. The molecule has 2 aromatic carbocycles. The second-order valence-corrected chi connectivity index (χ2v) is 5.47. The smallest absolute Gasteiger partial charge is 0.363 e. The van der Waals surface area contributed by atoms with Crippen molar-refractivity contribution in [2.45, 2.75) is 0 Å². The van der Waals surface area contributed by atoms with Gasteiger partial charge in [-0.25, -0.2) is 9.79 Å². The summed E-state index contributed by atoms with van der Waals surface area (Å²) in [6.07, 6.45) is 1.48. The molecule has 0 amide bonds. The van der Waals surface area contributed by atoms with Gasteiger partial charge in [0.1, 0.15) is 5.75 Å². The summed E-state index contributed by atoms with van der Waals surface area (Å²) < 4.78 is 10.4. The molecule has 0 unspecified atom stereocenters. The molecule has 7 nitrogen and oxygen atoms in total. The number of hydrogen-bond donors (Lipinski definition) is 0. The third-order valence-electron chi connectivity index (χ3n) is 3.42. The van der Waals surface area contributed by atoms with E-state index in [0.29, 0.717) is 21.9 Å². The number of cyclic esters (lactones) is 1. The lowest BCUT2D eigenvalue weighted by Crippen LogP contribution is -2.07. The highest BCUT2D eigenvalue weighted by molar-refractivity contribution is 6.31. The molecule has 0 fully saturated rings. The fraction of sp³-hybridized carbons (Fsp3) is 0.0588. The normalized spacial score (nSPS) is 15.0. The third-order valence-corrected chi connectivity index (χ3v) is 3.65. The van der Waals surface area contributed by atoms with Crippen LogP contribution in [0.3, 0.4) is 0 Å². The molecule has 0 radical (unpaired) electrons. The Balaban J connectivity index is 1.95. The van der Waals surface area contributed by atoms with Crippen LogP contribution in [0.2, 0.25) is 5.02 Å². The van der Waals surface area contributed by atoms with Crippen LogP contribution in [0, 0.1) is 10.1 Å². The molecule has 126 valence electrons. The minimum Gasteiger partial charge on any atom is -0.496 e. The number of methoxy groups -OCH3 is 1. The van der Waals surface area contributed by atoms with Gasteiger partial charge in [0.05, 0.1) is 17.6 Å². The van der Waals surface area contributed by atoms with Crippen molar-refractivity contribution in [3.05, 3.63) is 74.4 Å². The summed E-state index contributed by atoms with van der Waals surface area (Å²) in [6.45, 7) is 0. The monoisotopic (exact) mass is 358 g/mol. The highest BCUT2D eigenvalue weighted by atomic mass is 35.5. The highest BCUT2D eigenvalue weighted by Crippen LogP contribution is 2.28. The van der Waals surface area contributed by atoms with Crippen molar-refractivity contribution in [3.8, 4) is 5.75 Å². The Labute approximate surface area is 147 Å². The maximum absolute atomic E-state index is 12.0. The molecule has 25 heavy (non-hydrogen) atoms. The van der Waals surface area contributed by atoms with Crippen molar-refractivity contribution in [1.29, 1.82) is 0 Å². The fourth-order valence-electron chi connectivity index (χ4n) is 2.22. The van der Waals surface area contributed by atoms with Crippen LogP contribution in [0.4, 0.5) is 5.69 Å². The molecule has 0 aliphatic carbocycles. The first-order valence-corrected chi connectivity index (χ1v) is 7.46. The number of ether oxygens (including phenoxy) is 2. The lowest BCUT2D eigenvalue weighted by atomic mass is 10.2. The van der Waals surface area contributed by atoms with E-state index in [0.717, 1.165) is 0 Å². The maximum atomic E-state index is 12.0. The minimum absolute atomic E-state index is 0.0380. The Kier molecular flexibility index (Phi) is 4.49. The molecule has 0 spiro atoms. The molecule has 1 heterocycles. The quantitative estimate of drug-likeness (QED) is 0.360. The second-order valence-electron chi connectivity index (χ2n) is 5.03. The fourth-order valence-corrected chi connectivity index (χ4v) is 2.39. The molecule has 0 bridgehead atoms. The number of rotatable bonds is 4. The maximum Gasteiger partial charge on any atom is 0.363 e. The summed E-state index contributed by atoms with van der Waals surface area (Å²) in [6, 6.07) is 10.6. The van der Waals surface area contributed by atoms with Crippen molar-refractivity contribution in [2.75, 3.05) is 7.11 Å². The van der Waals surface area contributed by atoms with Crippen LogP contribution < -0.4 is 4.74 Å². The van der Waals surface area contributed by atoms with E-state index >= 15 is 0 Å². The van der Waals surface area contributed by atoms with E-state index in [1.807, 2.05) is 0 Å². The van der Waals surface area contributed by atoms with Crippen molar-refractivity contribution in [2.24, 2.45) is 4.99 Å². The first kappa shape index (κ1) is 16.7. The van der Waals surface area contributed by atoms with Crippen LogP contribution >= 0.6 is 11.6 Å². The Morgan fingerprint density at radius 3 is 2.60 bits per heavy atom. The first-order valence-electron chi connectivity index (χ1n) is 7.09. The third kappa shape index (κ3) is 3.51. The summed E-state index contributed by atoms with van der Waals surface area (Å²) >= 11 is 5.97. The van der Waals surface area contributed by atoms with Crippen LogP contribution in [-0.2, 0) is 9.53 Å². The van der Waals surface area contributed by atoms with Gasteiger partial charge < -0.3 is 9.47 Å². The number of nitro benzene ring substituents is 1. The number of hydrogen-bond acceptors (Lipinski definition) is 6. The summed E-state index contributed by atoms with van der Waals surface area (Å²) in [5.74, 6) is -0.0829. The Morgan fingerprint density at radius 1 is 1.24 bits per heavy atom. The number of halogens is 1.